The third-order valence-electron chi connectivity index (χ3n) is 5.83. The molecule has 0 saturated heterocycles. The summed E-state index contributed by atoms with van der Waals surface area (Å²) in [6.07, 6.45) is 12.0. The summed E-state index contributed by atoms with van der Waals surface area (Å²) < 4.78 is 0. The van der Waals surface area contributed by atoms with E-state index in [1.165, 1.54) is 5.56 Å². The molecule has 31 heavy (non-hydrogen) atoms. The maximum atomic E-state index is 13.3. The molecule has 5 nitrogen and oxygen atoms in total. The highest BCUT2D eigenvalue weighted by atomic mass is 16.2. The molecule has 4 rings (SSSR count). The Morgan fingerprint density at radius 1 is 1.06 bits per heavy atom. The lowest BCUT2D eigenvalue weighted by atomic mass is 9.80. The summed E-state index contributed by atoms with van der Waals surface area (Å²) in [5, 5.41) is 3.97. The SMILES string of the molecule is CCCCc1ccc(C(=O)C2(N)C=CC=CC2NC(=O)c2ccc3cc[nH]c3c2)cc1. The summed E-state index contributed by atoms with van der Waals surface area (Å²) in [6.45, 7) is 2.16. The van der Waals surface area contributed by atoms with E-state index in [2.05, 4.69) is 17.2 Å². The molecule has 0 saturated carbocycles. The number of H-pyrrole nitrogens is 1. The minimum atomic E-state index is -1.36. The molecule has 2 aromatic carbocycles. The number of hydrogen-bond acceptors (Lipinski definition) is 3. The lowest BCUT2D eigenvalue weighted by Crippen LogP contribution is -2.62. The summed E-state index contributed by atoms with van der Waals surface area (Å²) in [6, 6.07) is 14.4. The number of aryl methyl sites for hydroxylation is 1. The van der Waals surface area contributed by atoms with Crippen LogP contribution in [0.2, 0.25) is 0 Å². The number of aromatic amines is 1. The van der Waals surface area contributed by atoms with Crippen LogP contribution in [-0.2, 0) is 6.42 Å². The maximum absolute atomic E-state index is 13.3. The molecule has 1 aliphatic carbocycles. The van der Waals surface area contributed by atoms with E-state index in [4.69, 9.17) is 5.73 Å². The Balaban J connectivity index is 1.54. The number of allylic oxidation sites excluding steroid dienone is 2. The first-order valence-corrected chi connectivity index (χ1v) is 10.7. The number of unbranched alkanes of at least 4 members (excludes halogenated alkanes) is 1. The number of carbonyl (C=O) groups is 2. The van der Waals surface area contributed by atoms with E-state index in [1.807, 2.05) is 42.6 Å². The number of aromatic nitrogens is 1. The molecule has 2 unspecified atom stereocenters. The predicted molar refractivity (Wildman–Crippen MR) is 124 cm³/mol. The number of fused-ring (bicyclic) bond motifs is 1. The first kappa shape index (κ1) is 20.8. The van der Waals surface area contributed by atoms with Gasteiger partial charge >= 0.3 is 0 Å². The van der Waals surface area contributed by atoms with Crippen molar-refractivity contribution in [1.82, 2.24) is 10.3 Å². The molecule has 0 radical (unpaired) electrons. The van der Waals surface area contributed by atoms with Gasteiger partial charge in [0.25, 0.3) is 5.91 Å². The van der Waals surface area contributed by atoms with E-state index >= 15 is 0 Å². The number of rotatable bonds is 7. The Labute approximate surface area is 182 Å². The Morgan fingerprint density at radius 2 is 1.84 bits per heavy atom. The largest absolute Gasteiger partial charge is 0.361 e. The molecule has 3 aromatic rings. The maximum Gasteiger partial charge on any atom is 0.251 e. The van der Waals surface area contributed by atoms with Crippen molar-refractivity contribution in [3.8, 4) is 0 Å². The molecule has 5 heteroatoms. The molecule has 0 aliphatic heterocycles. The van der Waals surface area contributed by atoms with E-state index in [0.29, 0.717) is 11.1 Å². The van der Waals surface area contributed by atoms with Gasteiger partial charge in [0.1, 0.15) is 5.54 Å². The monoisotopic (exact) mass is 413 g/mol. The standard InChI is InChI=1S/C26H27N3O2/c1-2-3-6-18-8-10-20(11-9-18)24(30)26(27)15-5-4-7-23(26)29-25(31)21-13-12-19-14-16-28-22(19)17-21/h4-5,7-17,23,28H,2-3,6,27H2,1H3,(H,29,31). The van der Waals surface area contributed by atoms with Crippen molar-refractivity contribution in [2.24, 2.45) is 5.73 Å². The zero-order chi connectivity index (χ0) is 21.8. The van der Waals surface area contributed by atoms with Crippen molar-refractivity contribution < 1.29 is 9.59 Å². The van der Waals surface area contributed by atoms with Gasteiger partial charge in [-0.2, -0.15) is 0 Å². The Hall–Kier alpha value is -3.44. The third kappa shape index (κ3) is 4.23. The van der Waals surface area contributed by atoms with Crippen molar-refractivity contribution in [3.05, 3.63) is 95.7 Å². The van der Waals surface area contributed by atoms with Crippen molar-refractivity contribution in [3.63, 3.8) is 0 Å². The Kier molecular flexibility index (Phi) is 5.87. The highest BCUT2D eigenvalue weighted by Crippen LogP contribution is 2.23. The molecule has 1 heterocycles. The number of nitrogens with two attached hydrogens (primary N) is 1. The molecule has 0 bridgehead atoms. The molecule has 2 atom stereocenters. The second-order valence-electron chi connectivity index (χ2n) is 8.04. The highest BCUT2D eigenvalue weighted by molar-refractivity contribution is 6.06. The fourth-order valence-electron chi connectivity index (χ4n) is 3.90. The van der Waals surface area contributed by atoms with Crippen LogP contribution >= 0.6 is 0 Å². The van der Waals surface area contributed by atoms with Gasteiger partial charge in [-0.15, -0.1) is 0 Å². The van der Waals surface area contributed by atoms with Gasteiger partial charge in [-0.05, 0) is 42.0 Å². The predicted octanol–water partition coefficient (Wildman–Crippen LogP) is 4.32. The van der Waals surface area contributed by atoms with Gasteiger partial charge in [-0.25, -0.2) is 0 Å². The lowest BCUT2D eigenvalue weighted by Gasteiger charge is -2.34. The highest BCUT2D eigenvalue weighted by Gasteiger charge is 2.41. The van der Waals surface area contributed by atoms with Crippen molar-refractivity contribution in [1.29, 1.82) is 0 Å². The molecule has 1 amide bonds. The zero-order valence-electron chi connectivity index (χ0n) is 17.6. The molecule has 4 N–H and O–H groups in total. The molecular formula is C26H27N3O2. The molecule has 0 spiro atoms. The van der Waals surface area contributed by atoms with Gasteiger partial charge in [0, 0.05) is 22.8 Å². The lowest BCUT2D eigenvalue weighted by molar-refractivity contribution is 0.0868. The summed E-state index contributed by atoms with van der Waals surface area (Å²) in [4.78, 5) is 29.4. The van der Waals surface area contributed by atoms with Crippen molar-refractivity contribution in [2.75, 3.05) is 0 Å². The Morgan fingerprint density at radius 3 is 2.61 bits per heavy atom. The van der Waals surface area contributed by atoms with E-state index in [-0.39, 0.29) is 11.7 Å². The fourth-order valence-corrected chi connectivity index (χ4v) is 3.90. The normalized spacial score (nSPS) is 20.1. The average Bonchev–Trinajstić information content (AvgIpc) is 3.27. The first-order chi connectivity index (χ1) is 15.0. The smallest absolute Gasteiger partial charge is 0.251 e. The van der Waals surface area contributed by atoms with E-state index in [0.717, 1.165) is 30.2 Å². The summed E-state index contributed by atoms with van der Waals surface area (Å²) >= 11 is 0. The number of amides is 1. The van der Waals surface area contributed by atoms with Crippen molar-refractivity contribution in [2.45, 2.75) is 37.8 Å². The molecule has 1 aromatic heterocycles. The van der Waals surface area contributed by atoms with Crippen LogP contribution in [0.15, 0.2) is 79.0 Å². The number of ketones is 1. The van der Waals surface area contributed by atoms with Gasteiger partial charge in [0.2, 0.25) is 0 Å². The van der Waals surface area contributed by atoms with E-state index < -0.39 is 11.6 Å². The zero-order valence-corrected chi connectivity index (χ0v) is 17.6. The third-order valence-corrected chi connectivity index (χ3v) is 5.83. The Bertz CT molecular complexity index is 1160. The quantitative estimate of drug-likeness (QED) is 0.504. The topological polar surface area (TPSA) is 88.0 Å². The molecular weight excluding hydrogens is 386 g/mol. The number of benzene rings is 2. The van der Waals surface area contributed by atoms with Gasteiger partial charge < -0.3 is 16.0 Å². The fraction of sp³-hybridized carbons (Fsp3) is 0.231. The molecule has 1 aliphatic rings. The number of hydrogen-bond donors (Lipinski definition) is 3. The van der Waals surface area contributed by atoms with Crippen LogP contribution in [0.1, 0.15) is 46.0 Å². The summed E-state index contributed by atoms with van der Waals surface area (Å²) in [7, 11) is 0. The summed E-state index contributed by atoms with van der Waals surface area (Å²) in [5.74, 6) is -0.501. The van der Waals surface area contributed by atoms with Crippen LogP contribution in [0.5, 0.6) is 0 Å². The minimum Gasteiger partial charge on any atom is -0.361 e. The number of nitrogens with one attached hydrogen (secondary N) is 2. The molecule has 158 valence electrons. The minimum absolute atomic E-state index is 0.222. The van der Waals surface area contributed by atoms with Gasteiger partial charge in [0.05, 0.1) is 6.04 Å². The van der Waals surface area contributed by atoms with E-state index in [1.54, 1.807) is 36.4 Å². The van der Waals surface area contributed by atoms with Crippen LogP contribution in [0.25, 0.3) is 10.9 Å². The van der Waals surface area contributed by atoms with Crippen molar-refractivity contribution >= 4 is 22.6 Å². The second kappa shape index (κ2) is 8.74. The van der Waals surface area contributed by atoms with Crippen LogP contribution < -0.4 is 11.1 Å². The van der Waals surface area contributed by atoms with E-state index in [9.17, 15) is 9.59 Å². The van der Waals surface area contributed by atoms with Crippen LogP contribution in [0, 0.1) is 0 Å². The van der Waals surface area contributed by atoms with Crippen LogP contribution in [0.4, 0.5) is 0 Å². The van der Waals surface area contributed by atoms with Gasteiger partial charge in [0.15, 0.2) is 5.78 Å². The second-order valence-corrected chi connectivity index (χ2v) is 8.04. The molecule has 0 fully saturated rings. The van der Waals surface area contributed by atoms with Crippen LogP contribution in [-0.4, -0.2) is 28.3 Å². The number of carbonyl (C=O) groups excluding carboxylic acids is 2. The van der Waals surface area contributed by atoms with Gasteiger partial charge in [-0.1, -0.05) is 68.0 Å². The number of Topliss-reactive ketones (excluding diaryl/α,β-unsaturated/α-hetero) is 1. The van der Waals surface area contributed by atoms with Gasteiger partial charge in [-0.3, -0.25) is 9.59 Å². The average molecular weight is 414 g/mol. The first-order valence-electron chi connectivity index (χ1n) is 10.7. The summed E-state index contributed by atoms with van der Waals surface area (Å²) in [5.41, 5.74) is 8.36. The van der Waals surface area contributed by atoms with Crippen LogP contribution in [0.3, 0.4) is 0 Å².